The lowest BCUT2D eigenvalue weighted by atomic mass is 9.78. The molecule has 1 heterocycles. The van der Waals surface area contributed by atoms with Crippen LogP contribution in [0.5, 0.6) is 0 Å². The lowest BCUT2D eigenvalue weighted by Gasteiger charge is -2.41. The first-order valence-corrected chi connectivity index (χ1v) is 6.06. The third-order valence-corrected chi connectivity index (χ3v) is 3.80. The third-order valence-electron chi connectivity index (χ3n) is 3.80. The molecule has 18 heavy (non-hydrogen) atoms. The van der Waals surface area contributed by atoms with Gasteiger partial charge in [0.1, 0.15) is 5.82 Å². The summed E-state index contributed by atoms with van der Waals surface area (Å²) in [6.07, 6.45) is -1.70. The minimum atomic E-state index is -2.39. The highest BCUT2D eigenvalue weighted by molar-refractivity contribution is 5.46. The van der Waals surface area contributed by atoms with Gasteiger partial charge in [0.2, 0.25) is 6.43 Å². The van der Waals surface area contributed by atoms with Crippen LogP contribution in [-0.2, 0) is 0 Å². The smallest absolute Gasteiger partial charge is 0.245 e. The van der Waals surface area contributed by atoms with Gasteiger partial charge in [0, 0.05) is 30.7 Å². The van der Waals surface area contributed by atoms with Crippen molar-refractivity contribution in [1.82, 2.24) is 0 Å². The lowest BCUT2D eigenvalue weighted by Crippen LogP contribution is -2.48. The molecule has 0 saturated carbocycles. The summed E-state index contributed by atoms with van der Waals surface area (Å²) >= 11 is 0. The van der Waals surface area contributed by atoms with E-state index in [1.54, 1.807) is 12.1 Å². The number of hydrogen-bond donors (Lipinski definition) is 1. The summed E-state index contributed by atoms with van der Waals surface area (Å²) in [6.45, 7) is 0.984. The molecule has 1 saturated heterocycles. The second-order valence-corrected chi connectivity index (χ2v) is 4.83. The van der Waals surface area contributed by atoms with E-state index in [1.807, 2.05) is 4.90 Å². The van der Waals surface area contributed by atoms with Gasteiger partial charge in [0.25, 0.3) is 0 Å². The van der Waals surface area contributed by atoms with Gasteiger partial charge in [0.05, 0.1) is 0 Å². The first-order valence-electron chi connectivity index (χ1n) is 6.06. The number of piperidine rings is 1. The average Bonchev–Trinajstić information content (AvgIpc) is 2.38. The summed E-state index contributed by atoms with van der Waals surface area (Å²) in [7, 11) is 0. The Balaban J connectivity index is 2.06. The van der Waals surface area contributed by atoms with Gasteiger partial charge >= 0.3 is 0 Å². The average molecular weight is 258 g/mol. The molecule has 1 aromatic rings. The van der Waals surface area contributed by atoms with Crippen LogP contribution in [0.3, 0.4) is 0 Å². The van der Waals surface area contributed by atoms with E-state index in [0.29, 0.717) is 25.9 Å². The molecule has 0 aliphatic carbocycles. The van der Waals surface area contributed by atoms with Crippen LogP contribution in [0.15, 0.2) is 24.3 Å². The van der Waals surface area contributed by atoms with Crippen molar-refractivity contribution in [1.29, 1.82) is 0 Å². The molecule has 0 bridgehead atoms. The fourth-order valence-corrected chi connectivity index (χ4v) is 2.39. The molecule has 0 unspecified atom stereocenters. The van der Waals surface area contributed by atoms with Crippen LogP contribution in [0.4, 0.5) is 18.9 Å². The number of nitrogens with two attached hydrogens (primary N) is 1. The summed E-state index contributed by atoms with van der Waals surface area (Å²) < 4.78 is 39.1. The van der Waals surface area contributed by atoms with Crippen molar-refractivity contribution in [2.75, 3.05) is 24.5 Å². The highest BCUT2D eigenvalue weighted by Gasteiger charge is 2.41. The van der Waals surface area contributed by atoms with Gasteiger partial charge in [-0.3, -0.25) is 0 Å². The molecule has 1 aromatic carbocycles. The van der Waals surface area contributed by atoms with Crippen molar-refractivity contribution in [3.63, 3.8) is 0 Å². The van der Waals surface area contributed by atoms with E-state index in [-0.39, 0.29) is 12.4 Å². The van der Waals surface area contributed by atoms with Crippen LogP contribution in [0, 0.1) is 11.2 Å². The zero-order valence-electron chi connectivity index (χ0n) is 10.1. The Morgan fingerprint density at radius 1 is 1.28 bits per heavy atom. The number of rotatable bonds is 3. The number of anilines is 1. The maximum atomic E-state index is 13.1. The maximum Gasteiger partial charge on any atom is 0.245 e. The van der Waals surface area contributed by atoms with Crippen LogP contribution in [0.25, 0.3) is 0 Å². The van der Waals surface area contributed by atoms with E-state index in [1.165, 1.54) is 12.1 Å². The molecule has 1 fully saturated rings. The van der Waals surface area contributed by atoms with Gasteiger partial charge in [-0.25, -0.2) is 13.2 Å². The van der Waals surface area contributed by atoms with E-state index in [9.17, 15) is 13.2 Å². The van der Waals surface area contributed by atoms with E-state index >= 15 is 0 Å². The van der Waals surface area contributed by atoms with Crippen molar-refractivity contribution >= 4 is 5.69 Å². The van der Waals surface area contributed by atoms with Crippen LogP contribution < -0.4 is 10.6 Å². The number of nitrogens with zero attached hydrogens (tertiary/aromatic N) is 1. The van der Waals surface area contributed by atoms with E-state index in [0.717, 1.165) is 5.69 Å². The van der Waals surface area contributed by atoms with Crippen LogP contribution in [0.2, 0.25) is 0 Å². The summed E-state index contributed by atoms with van der Waals surface area (Å²) in [5.41, 5.74) is 5.17. The molecule has 2 N–H and O–H groups in total. The zero-order valence-corrected chi connectivity index (χ0v) is 10.1. The van der Waals surface area contributed by atoms with Gasteiger partial charge < -0.3 is 10.6 Å². The van der Waals surface area contributed by atoms with Gasteiger partial charge in [-0.2, -0.15) is 0 Å². The monoisotopic (exact) mass is 258 g/mol. The molecule has 2 rings (SSSR count). The van der Waals surface area contributed by atoms with Gasteiger partial charge in [-0.15, -0.1) is 0 Å². The van der Waals surface area contributed by atoms with Crippen LogP contribution in [0.1, 0.15) is 12.8 Å². The molecule has 1 aliphatic heterocycles. The fraction of sp³-hybridized carbons (Fsp3) is 0.538. The Bertz CT molecular complexity index is 401. The zero-order chi connectivity index (χ0) is 13.2. The van der Waals surface area contributed by atoms with Crippen molar-refractivity contribution in [3.05, 3.63) is 30.1 Å². The highest BCUT2D eigenvalue weighted by Crippen LogP contribution is 2.37. The summed E-state index contributed by atoms with van der Waals surface area (Å²) in [6, 6.07) is 6.22. The van der Waals surface area contributed by atoms with E-state index < -0.39 is 11.8 Å². The Labute approximate surface area is 105 Å². The predicted molar refractivity (Wildman–Crippen MR) is 65.3 cm³/mol. The van der Waals surface area contributed by atoms with Crippen LogP contribution >= 0.6 is 0 Å². The Kier molecular flexibility index (Phi) is 3.80. The van der Waals surface area contributed by atoms with Gasteiger partial charge in [-0.1, -0.05) is 6.07 Å². The molecule has 2 nitrogen and oxygen atoms in total. The van der Waals surface area contributed by atoms with Crippen molar-refractivity contribution in [2.24, 2.45) is 11.1 Å². The summed E-state index contributed by atoms with van der Waals surface area (Å²) in [4.78, 5) is 1.93. The topological polar surface area (TPSA) is 29.3 Å². The van der Waals surface area contributed by atoms with Crippen LogP contribution in [-0.4, -0.2) is 26.1 Å². The molecule has 0 radical (unpaired) electrons. The first-order chi connectivity index (χ1) is 8.57. The number of benzene rings is 1. The molecule has 100 valence electrons. The van der Waals surface area contributed by atoms with Gasteiger partial charge in [0.15, 0.2) is 0 Å². The minimum Gasteiger partial charge on any atom is -0.371 e. The molecule has 0 amide bonds. The first kappa shape index (κ1) is 13.2. The number of hydrogen-bond acceptors (Lipinski definition) is 2. The normalized spacial score (nSPS) is 19.3. The van der Waals surface area contributed by atoms with Gasteiger partial charge in [-0.05, 0) is 31.0 Å². The molecular formula is C13H17F3N2. The third kappa shape index (κ3) is 2.46. The largest absolute Gasteiger partial charge is 0.371 e. The second-order valence-electron chi connectivity index (χ2n) is 4.83. The molecular weight excluding hydrogens is 241 g/mol. The second kappa shape index (κ2) is 5.18. The molecule has 0 aromatic heterocycles. The predicted octanol–water partition coefficient (Wildman–Crippen LogP) is 2.64. The highest BCUT2D eigenvalue weighted by atomic mass is 19.3. The van der Waals surface area contributed by atoms with Crippen molar-refractivity contribution in [3.8, 4) is 0 Å². The Morgan fingerprint density at radius 2 is 1.94 bits per heavy atom. The standard InChI is InChI=1S/C13H17F3N2/c14-10-2-1-3-11(8-10)18-6-4-13(9-17,5-7-18)12(15)16/h1-3,8,12H,4-7,9,17H2. The Morgan fingerprint density at radius 3 is 2.44 bits per heavy atom. The lowest BCUT2D eigenvalue weighted by molar-refractivity contribution is -0.0160. The van der Waals surface area contributed by atoms with E-state index in [2.05, 4.69) is 0 Å². The minimum absolute atomic E-state index is 0.00164. The molecule has 5 heteroatoms. The summed E-state index contributed by atoms with van der Waals surface area (Å²) in [5, 5.41) is 0. The summed E-state index contributed by atoms with van der Waals surface area (Å²) in [5.74, 6) is -0.308. The van der Waals surface area contributed by atoms with Crippen molar-refractivity contribution in [2.45, 2.75) is 19.3 Å². The van der Waals surface area contributed by atoms with E-state index in [4.69, 9.17) is 5.73 Å². The Hall–Kier alpha value is -1.23. The quantitative estimate of drug-likeness (QED) is 0.903. The number of alkyl halides is 2. The molecule has 1 aliphatic rings. The van der Waals surface area contributed by atoms with Crippen molar-refractivity contribution < 1.29 is 13.2 Å². The molecule has 0 spiro atoms. The number of halogens is 3. The SMILES string of the molecule is NCC1(C(F)F)CCN(c2cccc(F)c2)CC1. The fourth-order valence-electron chi connectivity index (χ4n) is 2.39. The molecule has 0 atom stereocenters. The maximum absolute atomic E-state index is 13.1.